The zero-order valence-electron chi connectivity index (χ0n) is 10.6. The fourth-order valence-corrected chi connectivity index (χ4v) is 1.63. The predicted molar refractivity (Wildman–Crippen MR) is 64.8 cm³/mol. The van der Waals surface area contributed by atoms with Gasteiger partial charge in [0.05, 0.1) is 0 Å². The average Bonchev–Trinajstić information content (AvgIpc) is 2.20. The summed E-state index contributed by atoms with van der Waals surface area (Å²) in [5, 5.41) is 6.11. The van der Waals surface area contributed by atoms with Gasteiger partial charge in [0.25, 0.3) is 0 Å². The number of hydrogen-bond donors (Lipinski definition) is 2. The third-order valence-electron chi connectivity index (χ3n) is 2.79. The molecule has 0 heterocycles. The summed E-state index contributed by atoms with van der Waals surface area (Å²) >= 11 is 0. The van der Waals surface area contributed by atoms with Crippen LogP contribution in [0.25, 0.3) is 0 Å². The van der Waals surface area contributed by atoms with Gasteiger partial charge in [0, 0.05) is 19.5 Å². The van der Waals surface area contributed by atoms with Crippen LogP contribution in [0.1, 0.15) is 40.5 Å². The Balaban J connectivity index is 3.62. The molecule has 0 saturated heterocycles. The topological polar surface area (TPSA) is 41.1 Å². The number of carbonyl (C=O) groups is 1. The lowest BCUT2D eigenvalue weighted by Gasteiger charge is -2.18. The van der Waals surface area contributed by atoms with E-state index in [0.29, 0.717) is 18.3 Å². The molecule has 0 aliphatic heterocycles. The minimum absolute atomic E-state index is 0.188. The lowest BCUT2D eigenvalue weighted by molar-refractivity contribution is -0.122. The van der Waals surface area contributed by atoms with Crippen molar-refractivity contribution in [2.75, 3.05) is 19.6 Å². The van der Waals surface area contributed by atoms with E-state index >= 15 is 0 Å². The van der Waals surface area contributed by atoms with E-state index in [0.717, 1.165) is 26.1 Å². The summed E-state index contributed by atoms with van der Waals surface area (Å²) in [6.45, 7) is 11.1. The van der Waals surface area contributed by atoms with Gasteiger partial charge >= 0.3 is 0 Å². The van der Waals surface area contributed by atoms with Crippen molar-refractivity contribution in [1.29, 1.82) is 0 Å². The highest BCUT2D eigenvalue weighted by molar-refractivity contribution is 5.76. The van der Waals surface area contributed by atoms with E-state index in [4.69, 9.17) is 0 Å². The van der Waals surface area contributed by atoms with Gasteiger partial charge in [-0.2, -0.15) is 0 Å². The second-order valence-corrected chi connectivity index (χ2v) is 4.32. The molecule has 0 fully saturated rings. The van der Waals surface area contributed by atoms with Crippen molar-refractivity contribution in [2.24, 2.45) is 11.8 Å². The summed E-state index contributed by atoms with van der Waals surface area (Å²) in [5.41, 5.74) is 0. The van der Waals surface area contributed by atoms with Crippen LogP contribution in [0.2, 0.25) is 0 Å². The molecular weight excluding hydrogens is 188 g/mol. The van der Waals surface area contributed by atoms with Crippen molar-refractivity contribution in [3.63, 3.8) is 0 Å². The maximum absolute atomic E-state index is 11.5. The van der Waals surface area contributed by atoms with E-state index in [2.05, 4.69) is 38.3 Å². The monoisotopic (exact) mass is 214 g/mol. The number of likely N-dealkylation sites (N-methyl/N-ethyl adjacent to an activating group) is 1. The highest BCUT2D eigenvalue weighted by Crippen LogP contribution is 2.18. The fourth-order valence-electron chi connectivity index (χ4n) is 1.63. The Morgan fingerprint density at radius 2 is 1.87 bits per heavy atom. The molecule has 0 aliphatic rings. The molecule has 2 N–H and O–H groups in total. The van der Waals surface area contributed by atoms with Crippen LogP contribution in [0.4, 0.5) is 0 Å². The molecule has 0 aromatic rings. The van der Waals surface area contributed by atoms with Gasteiger partial charge in [-0.1, -0.05) is 34.1 Å². The molecule has 0 saturated carbocycles. The van der Waals surface area contributed by atoms with Crippen molar-refractivity contribution >= 4 is 5.91 Å². The van der Waals surface area contributed by atoms with Crippen molar-refractivity contribution < 1.29 is 4.79 Å². The zero-order chi connectivity index (χ0) is 11.7. The molecule has 3 heteroatoms. The van der Waals surface area contributed by atoms with E-state index in [1.54, 1.807) is 0 Å². The minimum Gasteiger partial charge on any atom is -0.355 e. The summed E-state index contributed by atoms with van der Waals surface area (Å²) in [6.07, 6.45) is 1.75. The maximum Gasteiger partial charge on any atom is 0.220 e. The van der Waals surface area contributed by atoms with E-state index in [-0.39, 0.29) is 5.91 Å². The van der Waals surface area contributed by atoms with Gasteiger partial charge in [-0.05, 0) is 18.4 Å². The Kier molecular flexibility index (Phi) is 8.38. The largest absolute Gasteiger partial charge is 0.355 e. The van der Waals surface area contributed by atoms with E-state index in [1.807, 2.05) is 0 Å². The average molecular weight is 214 g/mol. The number of hydrogen-bond acceptors (Lipinski definition) is 2. The SMILES string of the molecule is CCNCCNC(=O)CC(CC)C(C)C. The summed E-state index contributed by atoms with van der Waals surface area (Å²) in [4.78, 5) is 11.5. The Morgan fingerprint density at radius 3 is 2.33 bits per heavy atom. The molecule has 0 radical (unpaired) electrons. The second-order valence-electron chi connectivity index (χ2n) is 4.32. The Bertz CT molecular complexity index is 169. The van der Waals surface area contributed by atoms with Crippen LogP contribution >= 0.6 is 0 Å². The molecule has 90 valence electrons. The number of rotatable bonds is 8. The Labute approximate surface area is 94.0 Å². The van der Waals surface area contributed by atoms with Crippen molar-refractivity contribution in [2.45, 2.75) is 40.5 Å². The van der Waals surface area contributed by atoms with Gasteiger partial charge in [0.15, 0.2) is 0 Å². The molecule has 0 bridgehead atoms. The molecule has 1 amide bonds. The van der Waals surface area contributed by atoms with Gasteiger partial charge < -0.3 is 10.6 Å². The molecule has 1 atom stereocenters. The minimum atomic E-state index is 0.188. The molecule has 0 aliphatic carbocycles. The van der Waals surface area contributed by atoms with Gasteiger partial charge in [-0.3, -0.25) is 4.79 Å². The van der Waals surface area contributed by atoms with Gasteiger partial charge in [-0.25, -0.2) is 0 Å². The molecule has 1 unspecified atom stereocenters. The van der Waals surface area contributed by atoms with Crippen LogP contribution < -0.4 is 10.6 Å². The summed E-state index contributed by atoms with van der Waals surface area (Å²) < 4.78 is 0. The number of nitrogens with one attached hydrogen (secondary N) is 2. The Morgan fingerprint density at radius 1 is 1.20 bits per heavy atom. The van der Waals surface area contributed by atoms with Crippen LogP contribution in [0.3, 0.4) is 0 Å². The molecule has 3 nitrogen and oxygen atoms in total. The van der Waals surface area contributed by atoms with E-state index < -0.39 is 0 Å². The van der Waals surface area contributed by atoms with Crippen LogP contribution in [0.5, 0.6) is 0 Å². The van der Waals surface area contributed by atoms with Crippen LogP contribution in [0, 0.1) is 11.8 Å². The molecule has 0 aromatic carbocycles. The van der Waals surface area contributed by atoms with Crippen molar-refractivity contribution in [3.05, 3.63) is 0 Å². The van der Waals surface area contributed by atoms with Crippen molar-refractivity contribution in [3.8, 4) is 0 Å². The van der Waals surface area contributed by atoms with Gasteiger partial charge in [-0.15, -0.1) is 0 Å². The molecule has 15 heavy (non-hydrogen) atoms. The third kappa shape index (κ3) is 7.37. The summed E-state index contributed by atoms with van der Waals surface area (Å²) in [6, 6.07) is 0. The number of amides is 1. The highest BCUT2D eigenvalue weighted by Gasteiger charge is 2.14. The van der Waals surface area contributed by atoms with Gasteiger partial charge in [0.1, 0.15) is 0 Å². The fraction of sp³-hybridized carbons (Fsp3) is 0.917. The molecular formula is C12H26N2O. The maximum atomic E-state index is 11.5. The van der Waals surface area contributed by atoms with Crippen LogP contribution in [0.15, 0.2) is 0 Å². The quantitative estimate of drug-likeness (QED) is 0.605. The lowest BCUT2D eigenvalue weighted by atomic mass is 9.90. The first-order valence-corrected chi connectivity index (χ1v) is 6.09. The predicted octanol–water partition coefficient (Wildman–Crippen LogP) is 1.78. The Hall–Kier alpha value is -0.570. The standard InChI is InChI=1S/C12H26N2O/c1-5-11(10(3)4)9-12(15)14-8-7-13-6-2/h10-11,13H,5-9H2,1-4H3,(H,14,15). The smallest absolute Gasteiger partial charge is 0.220 e. The van der Waals surface area contributed by atoms with E-state index in [9.17, 15) is 4.79 Å². The lowest BCUT2D eigenvalue weighted by Crippen LogP contribution is -2.33. The summed E-state index contributed by atoms with van der Waals surface area (Å²) in [7, 11) is 0. The van der Waals surface area contributed by atoms with Crippen LogP contribution in [-0.2, 0) is 4.79 Å². The first kappa shape index (κ1) is 14.4. The molecule has 0 aromatic heterocycles. The normalized spacial score (nSPS) is 12.9. The van der Waals surface area contributed by atoms with Crippen molar-refractivity contribution in [1.82, 2.24) is 10.6 Å². The first-order valence-electron chi connectivity index (χ1n) is 6.09. The summed E-state index contributed by atoms with van der Waals surface area (Å²) in [5.74, 6) is 1.30. The van der Waals surface area contributed by atoms with Gasteiger partial charge in [0.2, 0.25) is 5.91 Å². The van der Waals surface area contributed by atoms with Crippen LogP contribution in [-0.4, -0.2) is 25.5 Å². The molecule has 0 rings (SSSR count). The number of carbonyl (C=O) groups excluding carboxylic acids is 1. The first-order chi connectivity index (χ1) is 7.11. The zero-order valence-corrected chi connectivity index (χ0v) is 10.6. The van der Waals surface area contributed by atoms with E-state index in [1.165, 1.54) is 0 Å². The third-order valence-corrected chi connectivity index (χ3v) is 2.79. The second kappa shape index (κ2) is 8.72. The molecule has 0 spiro atoms. The highest BCUT2D eigenvalue weighted by atomic mass is 16.1.